The maximum Gasteiger partial charge on any atom is 0.240 e. The first-order valence-corrected chi connectivity index (χ1v) is 5.83. The first-order valence-electron chi connectivity index (χ1n) is 5.02. The minimum absolute atomic E-state index is 0.0581. The smallest absolute Gasteiger partial charge is 0.240 e. The largest absolute Gasteiger partial charge is 0.321 e. The van der Waals surface area contributed by atoms with E-state index in [-0.39, 0.29) is 5.91 Å². The topological polar surface area (TPSA) is 46.9 Å². The molecule has 0 saturated carbocycles. The van der Waals surface area contributed by atoms with Crippen molar-refractivity contribution in [3.63, 3.8) is 0 Å². The Kier molecular flexibility index (Phi) is 2.30. The van der Waals surface area contributed by atoms with Crippen molar-refractivity contribution in [3.8, 4) is 0 Å². The van der Waals surface area contributed by atoms with Gasteiger partial charge < -0.3 is 5.32 Å². The number of carbonyl (C=O) groups is 1. The molecule has 0 bridgehead atoms. The van der Waals surface area contributed by atoms with E-state index in [1.54, 1.807) is 11.8 Å². The van der Waals surface area contributed by atoms with Crippen LogP contribution in [0.4, 0.5) is 5.69 Å². The Balaban J connectivity index is 2.51. The molecule has 1 N–H and O–H groups in total. The molecule has 1 aromatic heterocycles. The average Bonchev–Trinajstić information content (AvgIpc) is 2.44. The predicted molar refractivity (Wildman–Crippen MR) is 61.2 cm³/mol. The summed E-state index contributed by atoms with van der Waals surface area (Å²) in [6, 6.07) is 0. The summed E-state index contributed by atoms with van der Waals surface area (Å²) in [6.07, 6.45) is 0.838. The van der Waals surface area contributed by atoms with E-state index < -0.39 is 4.75 Å². The summed E-state index contributed by atoms with van der Waals surface area (Å²) in [4.78, 5) is 11.8. The predicted octanol–water partition coefficient (Wildman–Crippen LogP) is 1.81. The lowest BCUT2D eigenvalue weighted by molar-refractivity contribution is -0.117. The Morgan fingerprint density at radius 1 is 1.53 bits per heavy atom. The van der Waals surface area contributed by atoms with Crippen LogP contribution >= 0.6 is 11.8 Å². The number of amides is 1. The van der Waals surface area contributed by atoms with Gasteiger partial charge in [0.1, 0.15) is 5.03 Å². The van der Waals surface area contributed by atoms with Gasteiger partial charge in [0.15, 0.2) is 0 Å². The molecule has 1 aliphatic heterocycles. The van der Waals surface area contributed by atoms with Gasteiger partial charge in [-0.1, -0.05) is 18.7 Å². The lowest BCUT2D eigenvalue weighted by Gasteiger charge is -2.28. The first-order chi connectivity index (χ1) is 6.95. The summed E-state index contributed by atoms with van der Waals surface area (Å²) in [5.41, 5.74) is 1.86. The van der Waals surface area contributed by atoms with E-state index in [4.69, 9.17) is 0 Å². The highest BCUT2D eigenvalue weighted by Gasteiger charge is 2.37. The lowest BCUT2D eigenvalue weighted by atomic mass is 10.2. The molecule has 5 heteroatoms. The van der Waals surface area contributed by atoms with Crippen molar-refractivity contribution in [2.45, 2.75) is 37.0 Å². The summed E-state index contributed by atoms with van der Waals surface area (Å²) >= 11 is 1.57. The summed E-state index contributed by atoms with van der Waals surface area (Å²) in [6.45, 7) is 5.89. The molecule has 0 aromatic carbocycles. The molecule has 0 saturated heterocycles. The van der Waals surface area contributed by atoms with Gasteiger partial charge in [0.2, 0.25) is 5.91 Å². The SMILES string of the molecule is CCc1nn(C)c2c1NC(=O)C(C)(C)S2. The van der Waals surface area contributed by atoms with Crippen LogP contribution in [-0.4, -0.2) is 20.4 Å². The number of hydrogen-bond acceptors (Lipinski definition) is 3. The van der Waals surface area contributed by atoms with E-state index in [2.05, 4.69) is 10.4 Å². The number of nitrogens with one attached hydrogen (secondary N) is 1. The highest BCUT2D eigenvalue weighted by Crippen LogP contribution is 2.43. The molecule has 4 nitrogen and oxygen atoms in total. The molecule has 1 aliphatic rings. The summed E-state index contributed by atoms with van der Waals surface area (Å²) in [5.74, 6) is 0.0581. The molecule has 2 heterocycles. The summed E-state index contributed by atoms with van der Waals surface area (Å²) in [7, 11) is 1.92. The maximum atomic E-state index is 11.8. The number of aromatic nitrogens is 2. The number of fused-ring (bicyclic) bond motifs is 1. The zero-order valence-electron chi connectivity index (χ0n) is 9.42. The molecule has 0 unspecified atom stereocenters. The number of thioether (sulfide) groups is 1. The van der Waals surface area contributed by atoms with E-state index in [0.29, 0.717) is 0 Å². The Hall–Kier alpha value is -0.970. The highest BCUT2D eigenvalue weighted by atomic mass is 32.2. The van der Waals surface area contributed by atoms with Gasteiger partial charge in [-0.2, -0.15) is 5.10 Å². The van der Waals surface area contributed by atoms with Crippen LogP contribution < -0.4 is 5.32 Å². The zero-order chi connectivity index (χ0) is 11.2. The Labute approximate surface area is 93.4 Å². The maximum absolute atomic E-state index is 11.8. The van der Waals surface area contributed by atoms with Crippen LogP contribution in [0.1, 0.15) is 26.5 Å². The second-order valence-corrected chi connectivity index (χ2v) is 5.78. The third-order valence-corrected chi connectivity index (χ3v) is 3.90. The van der Waals surface area contributed by atoms with Crippen molar-refractivity contribution in [1.29, 1.82) is 0 Å². The fourth-order valence-corrected chi connectivity index (χ4v) is 2.67. The summed E-state index contributed by atoms with van der Waals surface area (Å²) < 4.78 is 1.44. The molecule has 0 atom stereocenters. The zero-order valence-corrected chi connectivity index (χ0v) is 10.2. The van der Waals surface area contributed by atoms with Crippen molar-refractivity contribution in [3.05, 3.63) is 5.69 Å². The van der Waals surface area contributed by atoms with Gasteiger partial charge >= 0.3 is 0 Å². The van der Waals surface area contributed by atoms with Crippen LogP contribution in [0, 0.1) is 0 Å². The third kappa shape index (κ3) is 1.55. The van der Waals surface area contributed by atoms with E-state index in [1.807, 2.05) is 32.5 Å². The van der Waals surface area contributed by atoms with Crippen molar-refractivity contribution >= 4 is 23.4 Å². The van der Waals surface area contributed by atoms with Crippen molar-refractivity contribution in [2.75, 3.05) is 5.32 Å². The lowest BCUT2D eigenvalue weighted by Crippen LogP contribution is -2.37. The van der Waals surface area contributed by atoms with Crippen LogP contribution in [0.2, 0.25) is 0 Å². The molecule has 15 heavy (non-hydrogen) atoms. The van der Waals surface area contributed by atoms with E-state index >= 15 is 0 Å². The number of anilines is 1. The molecule has 2 rings (SSSR count). The van der Waals surface area contributed by atoms with Gasteiger partial charge in [-0.25, -0.2) is 0 Å². The number of carbonyl (C=O) groups excluding carboxylic acids is 1. The van der Waals surface area contributed by atoms with Crippen molar-refractivity contribution in [2.24, 2.45) is 7.05 Å². The third-order valence-electron chi connectivity index (χ3n) is 2.54. The van der Waals surface area contributed by atoms with Crippen LogP contribution in [0.15, 0.2) is 5.03 Å². The first kappa shape index (κ1) is 10.5. The summed E-state index contributed by atoms with van der Waals surface area (Å²) in [5, 5.41) is 8.39. The second kappa shape index (κ2) is 3.27. The number of rotatable bonds is 1. The molecular formula is C10H15N3OS. The Bertz CT molecular complexity index is 423. The Morgan fingerprint density at radius 2 is 2.20 bits per heavy atom. The van der Waals surface area contributed by atoms with Crippen molar-refractivity contribution in [1.82, 2.24) is 9.78 Å². The van der Waals surface area contributed by atoms with Gasteiger partial charge in [0.05, 0.1) is 16.1 Å². The monoisotopic (exact) mass is 225 g/mol. The number of aryl methyl sites for hydroxylation is 2. The van der Waals surface area contributed by atoms with E-state index in [9.17, 15) is 4.79 Å². The number of nitrogens with zero attached hydrogens (tertiary/aromatic N) is 2. The molecule has 1 amide bonds. The van der Waals surface area contributed by atoms with Crippen LogP contribution in [-0.2, 0) is 18.3 Å². The van der Waals surface area contributed by atoms with Gasteiger partial charge in [0.25, 0.3) is 0 Å². The Morgan fingerprint density at radius 3 is 2.80 bits per heavy atom. The molecule has 0 spiro atoms. The van der Waals surface area contributed by atoms with Crippen LogP contribution in [0.25, 0.3) is 0 Å². The highest BCUT2D eigenvalue weighted by molar-refractivity contribution is 8.01. The van der Waals surface area contributed by atoms with E-state index in [1.165, 1.54) is 0 Å². The van der Waals surface area contributed by atoms with E-state index in [0.717, 1.165) is 22.8 Å². The van der Waals surface area contributed by atoms with Gasteiger partial charge in [0, 0.05) is 7.05 Å². The molecule has 1 aromatic rings. The second-order valence-electron chi connectivity index (χ2n) is 4.17. The van der Waals surface area contributed by atoms with Crippen molar-refractivity contribution < 1.29 is 4.79 Å². The molecule has 0 fully saturated rings. The fourth-order valence-electron chi connectivity index (χ4n) is 1.60. The van der Waals surface area contributed by atoms with Gasteiger partial charge in [-0.3, -0.25) is 9.48 Å². The molecule has 0 radical (unpaired) electrons. The molecule has 82 valence electrons. The van der Waals surface area contributed by atoms with Crippen LogP contribution in [0.3, 0.4) is 0 Å². The normalized spacial score (nSPS) is 18.5. The molecule has 0 aliphatic carbocycles. The minimum atomic E-state index is -0.411. The van der Waals surface area contributed by atoms with Gasteiger partial charge in [-0.15, -0.1) is 0 Å². The fraction of sp³-hybridized carbons (Fsp3) is 0.600. The number of hydrogen-bond donors (Lipinski definition) is 1. The molecular weight excluding hydrogens is 210 g/mol. The minimum Gasteiger partial charge on any atom is -0.321 e. The quantitative estimate of drug-likeness (QED) is 0.793. The average molecular weight is 225 g/mol. The van der Waals surface area contributed by atoms with Gasteiger partial charge in [-0.05, 0) is 20.3 Å². The van der Waals surface area contributed by atoms with Crippen LogP contribution in [0.5, 0.6) is 0 Å². The standard InChI is InChI=1S/C10H15N3OS/c1-5-6-7-8(13(4)12-6)15-10(2,3)9(14)11-7/h5H2,1-4H3,(H,11,14).